The summed E-state index contributed by atoms with van der Waals surface area (Å²) in [5, 5.41) is 3.54. The highest BCUT2D eigenvalue weighted by Crippen LogP contribution is 2.29. The van der Waals surface area contributed by atoms with Crippen molar-refractivity contribution in [3.63, 3.8) is 0 Å². The van der Waals surface area contributed by atoms with Crippen LogP contribution in [0.5, 0.6) is 0 Å². The van der Waals surface area contributed by atoms with Crippen LogP contribution in [0.25, 0.3) is 11.3 Å². The van der Waals surface area contributed by atoms with Gasteiger partial charge in [-0.1, -0.05) is 0 Å². The normalized spacial score (nSPS) is 13.1. The molecular formula is C21H21FN4O2S. The van der Waals surface area contributed by atoms with E-state index in [9.17, 15) is 14.0 Å². The van der Waals surface area contributed by atoms with Crippen molar-refractivity contribution in [2.45, 2.75) is 45.1 Å². The molecule has 0 unspecified atom stereocenters. The minimum Gasteiger partial charge on any atom is -0.302 e. The summed E-state index contributed by atoms with van der Waals surface area (Å²) >= 11 is 1.56. The highest BCUT2D eigenvalue weighted by molar-refractivity contribution is 7.15. The highest BCUT2D eigenvalue weighted by Gasteiger charge is 2.16. The first-order valence-electron chi connectivity index (χ1n) is 9.69. The maximum Gasteiger partial charge on any atom is 0.253 e. The van der Waals surface area contributed by atoms with Crippen molar-refractivity contribution < 1.29 is 9.18 Å². The Kier molecular flexibility index (Phi) is 5.80. The molecular weight excluding hydrogens is 391 g/mol. The molecule has 0 atom stereocenters. The van der Waals surface area contributed by atoms with Crippen LogP contribution in [0.15, 0.2) is 41.5 Å². The molecule has 0 saturated heterocycles. The van der Waals surface area contributed by atoms with Crippen LogP contribution in [0.4, 0.5) is 9.52 Å². The first-order valence-corrected chi connectivity index (χ1v) is 10.5. The average Bonchev–Trinajstić information content (AvgIpc) is 3.12. The lowest BCUT2D eigenvalue weighted by Gasteiger charge is -2.07. The number of amides is 1. The summed E-state index contributed by atoms with van der Waals surface area (Å²) < 4.78 is 14.5. The Bertz CT molecular complexity index is 1050. The maximum absolute atomic E-state index is 13.0. The molecule has 4 rings (SSSR count). The van der Waals surface area contributed by atoms with Crippen molar-refractivity contribution in [1.82, 2.24) is 14.5 Å². The molecule has 0 bridgehead atoms. The Morgan fingerprint density at radius 2 is 2.00 bits per heavy atom. The molecule has 3 aromatic rings. The highest BCUT2D eigenvalue weighted by atomic mass is 32.1. The average molecular weight is 412 g/mol. The van der Waals surface area contributed by atoms with E-state index in [0.29, 0.717) is 35.8 Å². The number of benzene rings is 1. The zero-order valence-electron chi connectivity index (χ0n) is 15.9. The van der Waals surface area contributed by atoms with Crippen molar-refractivity contribution in [2.75, 3.05) is 5.32 Å². The third-order valence-electron chi connectivity index (χ3n) is 4.91. The second-order valence-corrected chi connectivity index (χ2v) is 8.14. The lowest BCUT2D eigenvalue weighted by Crippen LogP contribution is -2.21. The standard InChI is InChI=1S/C21H21FN4O2S/c22-15-9-7-14(8-10-15)17-12-20(28)26(13-23-17)11-3-6-19(27)25-21-24-16-4-1-2-5-18(16)29-21/h7-10,12-13H,1-6,11H2,(H,24,25,27). The number of nitrogens with one attached hydrogen (secondary N) is 1. The van der Waals surface area contributed by atoms with Gasteiger partial charge in [0, 0.05) is 29.5 Å². The third-order valence-corrected chi connectivity index (χ3v) is 5.99. The van der Waals surface area contributed by atoms with Gasteiger partial charge in [-0.05, 0) is 56.4 Å². The molecule has 1 N–H and O–H groups in total. The number of aryl methyl sites for hydroxylation is 3. The molecule has 0 fully saturated rings. The molecule has 0 aliphatic heterocycles. The van der Waals surface area contributed by atoms with E-state index in [1.807, 2.05) is 0 Å². The van der Waals surface area contributed by atoms with E-state index in [4.69, 9.17) is 0 Å². The van der Waals surface area contributed by atoms with Gasteiger partial charge in [-0.25, -0.2) is 14.4 Å². The zero-order valence-corrected chi connectivity index (χ0v) is 16.7. The van der Waals surface area contributed by atoms with Crippen molar-refractivity contribution >= 4 is 22.4 Å². The van der Waals surface area contributed by atoms with Gasteiger partial charge in [-0.3, -0.25) is 14.2 Å². The predicted octanol–water partition coefficient (Wildman–Crippen LogP) is 3.80. The summed E-state index contributed by atoms with van der Waals surface area (Å²) in [6.07, 6.45) is 6.68. The molecule has 2 aromatic heterocycles. The van der Waals surface area contributed by atoms with Crippen LogP contribution in [-0.4, -0.2) is 20.4 Å². The molecule has 1 aromatic carbocycles. The summed E-state index contributed by atoms with van der Waals surface area (Å²) in [5.41, 5.74) is 2.10. The largest absolute Gasteiger partial charge is 0.302 e. The zero-order chi connectivity index (χ0) is 20.2. The van der Waals surface area contributed by atoms with Gasteiger partial charge >= 0.3 is 0 Å². The molecule has 29 heavy (non-hydrogen) atoms. The number of thiazole rings is 1. The monoisotopic (exact) mass is 412 g/mol. The van der Waals surface area contributed by atoms with Gasteiger partial charge in [0.05, 0.1) is 17.7 Å². The molecule has 1 amide bonds. The molecule has 0 radical (unpaired) electrons. The number of hydrogen-bond donors (Lipinski definition) is 1. The van der Waals surface area contributed by atoms with E-state index >= 15 is 0 Å². The van der Waals surface area contributed by atoms with Crippen LogP contribution in [-0.2, 0) is 24.2 Å². The lowest BCUT2D eigenvalue weighted by molar-refractivity contribution is -0.116. The van der Waals surface area contributed by atoms with E-state index in [1.54, 1.807) is 23.5 Å². The molecule has 2 heterocycles. The third kappa shape index (κ3) is 4.76. The Morgan fingerprint density at radius 3 is 2.76 bits per heavy atom. The van der Waals surface area contributed by atoms with Gasteiger partial charge in [0.1, 0.15) is 5.82 Å². The SMILES string of the molecule is O=C(CCCn1cnc(-c2ccc(F)cc2)cc1=O)Nc1nc2c(s1)CCCC2. The minimum absolute atomic E-state index is 0.0972. The minimum atomic E-state index is -0.335. The smallest absolute Gasteiger partial charge is 0.253 e. The number of anilines is 1. The quantitative estimate of drug-likeness (QED) is 0.668. The van der Waals surface area contributed by atoms with Gasteiger partial charge in [-0.15, -0.1) is 11.3 Å². The number of nitrogens with zero attached hydrogens (tertiary/aromatic N) is 3. The Hall–Kier alpha value is -2.87. The van der Waals surface area contributed by atoms with Crippen LogP contribution in [0.2, 0.25) is 0 Å². The van der Waals surface area contributed by atoms with Crippen molar-refractivity contribution in [1.29, 1.82) is 0 Å². The van der Waals surface area contributed by atoms with Gasteiger partial charge in [0.25, 0.3) is 5.56 Å². The van der Waals surface area contributed by atoms with Gasteiger partial charge < -0.3 is 5.32 Å². The maximum atomic E-state index is 13.0. The van der Waals surface area contributed by atoms with Crippen LogP contribution >= 0.6 is 11.3 Å². The molecule has 1 aliphatic carbocycles. The summed E-state index contributed by atoms with van der Waals surface area (Å²) in [7, 11) is 0. The molecule has 6 nitrogen and oxygen atoms in total. The Balaban J connectivity index is 1.31. The summed E-state index contributed by atoms with van der Waals surface area (Å²) in [5.74, 6) is -0.432. The van der Waals surface area contributed by atoms with Crippen molar-refractivity contribution in [3.05, 3.63) is 63.4 Å². The fraction of sp³-hybridized carbons (Fsp3) is 0.333. The second-order valence-electron chi connectivity index (χ2n) is 7.06. The predicted molar refractivity (Wildman–Crippen MR) is 111 cm³/mol. The van der Waals surface area contributed by atoms with Crippen LogP contribution in [0.1, 0.15) is 36.3 Å². The number of carbonyl (C=O) groups excluding carboxylic acids is 1. The first kappa shape index (κ1) is 19.4. The molecule has 1 aliphatic rings. The number of hydrogen-bond acceptors (Lipinski definition) is 5. The Morgan fingerprint density at radius 1 is 1.21 bits per heavy atom. The van der Waals surface area contributed by atoms with Crippen LogP contribution in [0, 0.1) is 5.82 Å². The second kappa shape index (κ2) is 8.65. The number of rotatable bonds is 6. The van der Waals surface area contributed by atoms with E-state index in [2.05, 4.69) is 15.3 Å². The summed E-state index contributed by atoms with van der Waals surface area (Å²) in [6.45, 7) is 0.400. The van der Waals surface area contributed by atoms with Gasteiger partial charge in [0.2, 0.25) is 5.91 Å². The molecule has 8 heteroatoms. The number of fused-ring (bicyclic) bond motifs is 1. The number of carbonyl (C=O) groups is 1. The topological polar surface area (TPSA) is 76.9 Å². The lowest BCUT2D eigenvalue weighted by atomic mass is 10.0. The van der Waals surface area contributed by atoms with Crippen molar-refractivity contribution in [2.24, 2.45) is 0 Å². The van der Waals surface area contributed by atoms with E-state index in [-0.39, 0.29) is 17.3 Å². The number of halogens is 1. The molecule has 150 valence electrons. The fourth-order valence-corrected chi connectivity index (χ4v) is 4.44. The van der Waals surface area contributed by atoms with Gasteiger partial charge in [-0.2, -0.15) is 0 Å². The van der Waals surface area contributed by atoms with E-state index < -0.39 is 0 Å². The van der Waals surface area contributed by atoms with Crippen LogP contribution in [0.3, 0.4) is 0 Å². The molecule has 0 saturated carbocycles. The van der Waals surface area contributed by atoms with E-state index in [1.165, 1.54) is 40.4 Å². The first-order chi connectivity index (χ1) is 14.1. The number of aromatic nitrogens is 3. The van der Waals surface area contributed by atoms with Gasteiger partial charge in [0.15, 0.2) is 5.13 Å². The van der Waals surface area contributed by atoms with Crippen molar-refractivity contribution in [3.8, 4) is 11.3 Å². The Labute approximate surface area is 171 Å². The van der Waals surface area contributed by atoms with Crippen LogP contribution < -0.4 is 10.9 Å². The fourth-order valence-electron chi connectivity index (χ4n) is 3.37. The summed E-state index contributed by atoms with van der Waals surface area (Å²) in [6, 6.07) is 7.26. The summed E-state index contributed by atoms with van der Waals surface area (Å²) in [4.78, 5) is 34.6. The van der Waals surface area contributed by atoms with E-state index in [0.717, 1.165) is 25.0 Å². The molecule has 0 spiro atoms.